The van der Waals surface area contributed by atoms with Crippen molar-refractivity contribution in [3.05, 3.63) is 90.3 Å². The number of hydrogen-bond acceptors (Lipinski definition) is 6. The predicted octanol–water partition coefficient (Wildman–Crippen LogP) is 6.90. The van der Waals surface area contributed by atoms with Crippen molar-refractivity contribution in [2.45, 2.75) is 46.0 Å². The molecule has 34 heavy (non-hydrogen) atoms. The van der Waals surface area contributed by atoms with Crippen LogP contribution in [-0.4, -0.2) is 28.2 Å². The van der Waals surface area contributed by atoms with Crippen molar-refractivity contribution >= 4 is 17.9 Å². The molecule has 6 heteroatoms. The average molecular weight is 459 g/mol. The first-order valence-electron chi connectivity index (χ1n) is 11.5. The highest BCUT2D eigenvalue weighted by molar-refractivity contribution is 5.82. The second kappa shape index (κ2) is 11.4. The van der Waals surface area contributed by atoms with E-state index in [0.29, 0.717) is 5.95 Å². The molecule has 3 rings (SSSR count). The molecule has 0 atom stereocenters. The Morgan fingerprint density at radius 3 is 2.24 bits per heavy atom. The summed E-state index contributed by atoms with van der Waals surface area (Å²) in [4.78, 5) is 17.5. The molecule has 2 aromatic heterocycles. The SMILES string of the molecule is C=C(Cc1ccc(-c2cnc(N/C(C=NC)=C/CC)nc2)cc1)Nc1ccc(C(C)(C)C)nc1.[HH].[HH]. The van der Waals surface area contributed by atoms with Gasteiger partial charge in [-0.2, -0.15) is 0 Å². The van der Waals surface area contributed by atoms with E-state index in [9.17, 15) is 0 Å². The van der Waals surface area contributed by atoms with Gasteiger partial charge in [-0.25, -0.2) is 9.97 Å². The number of rotatable bonds is 9. The molecule has 1 aromatic carbocycles. The van der Waals surface area contributed by atoms with Gasteiger partial charge in [0.05, 0.1) is 17.6 Å². The van der Waals surface area contributed by atoms with Crippen LogP contribution in [0.1, 0.15) is 48.2 Å². The Morgan fingerprint density at radius 2 is 1.68 bits per heavy atom. The summed E-state index contributed by atoms with van der Waals surface area (Å²) in [5.41, 5.74) is 7.06. The van der Waals surface area contributed by atoms with Crippen molar-refractivity contribution in [1.29, 1.82) is 0 Å². The second-order valence-electron chi connectivity index (χ2n) is 9.16. The lowest BCUT2D eigenvalue weighted by Crippen LogP contribution is -2.13. The maximum atomic E-state index is 4.57. The van der Waals surface area contributed by atoms with Gasteiger partial charge in [-0.05, 0) is 29.7 Å². The van der Waals surface area contributed by atoms with Crippen molar-refractivity contribution in [1.82, 2.24) is 15.0 Å². The highest BCUT2D eigenvalue weighted by Crippen LogP contribution is 2.23. The zero-order valence-electron chi connectivity index (χ0n) is 20.8. The molecular formula is C28H38N6. The number of allylic oxidation sites excluding steroid dienone is 3. The first kappa shape index (κ1) is 24.8. The molecule has 180 valence electrons. The van der Waals surface area contributed by atoms with Gasteiger partial charge in [-0.1, -0.05) is 64.6 Å². The summed E-state index contributed by atoms with van der Waals surface area (Å²) in [5.74, 6) is 0.548. The Balaban J connectivity index is 0.00000324. The van der Waals surface area contributed by atoms with Crippen LogP contribution in [0.25, 0.3) is 11.1 Å². The third-order valence-electron chi connectivity index (χ3n) is 5.16. The first-order chi connectivity index (χ1) is 16.3. The topological polar surface area (TPSA) is 75.1 Å². The highest BCUT2D eigenvalue weighted by Gasteiger charge is 2.14. The Hall–Kier alpha value is -3.80. The van der Waals surface area contributed by atoms with E-state index in [4.69, 9.17) is 0 Å². The highest BCUT2D eigenvalue weighted by atomic mass is 15.1. The molecule has 3 aromatic rings. The number of nitrogens with zero attached hydrogens (tertiary/aromatic N) is 4. The van der Waals surface area contributed by atoms with Gasteiger partial charge in [0.25, 0.3) is 0 Å². The lowest BCUT2D eigenvalue weighted by atomic mass is 9.92. The van der Waals surface area contributed by atoms with Crippen LogP contribution < -0.4 is 10.6 Å². The van der Waals surface area contributed by atoms with Gasteiger partial charge in [0.15, 0.2) is 0 Å². The molecular weight excluding hydrogens is 420 g/mol. The summed E-state index contributed by atoms with van der Waals surface area (Å²) in [6, 6.07) is 12.5. The van der Waals surface area contributed by atoms with Crippen LogP contribution in [0.5, 0.6) is 0 Å². The van der Waals surface area contributed by atoms with Crippen LogP contribution in [0.4, 0.5) is 11.6 Å². The Kier molecular flexibility index (Phi) is 8.30. The quantitative estimate of drug-likeness (QED) is 0.341. The number of hydrogen-bond donors (Lipinski definition) is 2. The zero-order chi connectivity index (χ0) is 24.6. The van der Waals surface area contributed by atoms with Gasteiger partial charge in [-0.3, -0.25) is 9.98 Å². The summed E-state index contributed by atoms with van der Waals surface area (Å²) >= 11 is 0. The summed E-state index contributed by atoms with van der Waals surface area (Å²) in [5, 5.41) is 6.55. The molecule has 0 amide bonds. The van der Waals surface area contributed by atoms with Crippen LogP contribution in [0, 0.1) is 0 Å². The predicted molar refractivity (Wildman–Crippen MR) is 148 cm³/mol. The van der Waals surface area contributed by atoms with E-state index in [0.717, 1.165) is 46.7 Å². The van der Waals surface area contributed by atoms with Crippen LogP contribution >= 0.6 is 0 Å². The number of aliphatic imine (C=N–C) groups is 1. The van der Waals surface area contributed by atoms with Crippen LogP contribution in [0.3, 0.4) is 0 Å². The first-order valence-corrected chi connectivity index (χ1v) is 11.5. The lowest BCUT2D eigenvalue weighted by molar-refractivity contribution is 0.569. The van der Waals surface area contributed by atoms with Gasteiger partial charge in [0.2, 0.25) is 5.95 Å². The Morgan fingerprint density at radius 1 is 0.971 bits per heavy atom. The van der Waals surface area contributed by atoms with Crippen molar-refractivity contribution in [3.8, 4) is 11.1 Å². The standard InChI is InChI=1S/C28H34N6.2H2/c1-7-8-24(18-29-6)34-27-31-16-23(17-32-27)22-11-9-21(10-12-22)15-20(2)33-25-13-14-26(30-19-25)28(3,4)5;;/h8-14,16-19,33H,2,7,15H2,1,3-6H3,(H,31,32,34);2*1H/b24-8+,29-18?;;. The van der Waals surface area contributed by atoms with Crippen LogP contribution in [-0.2, 0) is 11.8 Å². The normalized spacial score (nSPS) is 12.1. The lowest BCUT2D eigenvalue weighted by Gasteiger charge is -2.18. The molecule has 0 aliphatic rings. The Bertz CT molecular complexity index is 1150. The van der Waals surface area contributed by atoms with E-state index in [1.807, 2.05) is 24.7 Å². The molecule has 0 unspecified atom stereocenters. The van der Waals surface area contributed by atoms with E-state index >= 15 is 0 Å². The minimum absolute atomic E-state index is 0. The molecule has 0 fully saturated rings. The van der Waals surface area contributed by atoms with E-state index < -0.39 is 0 Å². The number of pyridine rings is 1. The monoisotopic (exact) mass is 458 g/mol. The number of aromatic nitrogens is 3. The molecule has 0 saturated heterocycles. The molecule has 2 N–H and O–H groups in total. The molecule has 0 spiro atoms. The maximum absolute atomic E-state index is 4.57. The smallest absolute Gasteiger partial charge is 0.227 e. The molecule has 0 saturated carbocycles. The van der Waals surface area contributed by atoms with Crippen LogP contribution in [0.2, 0.25) is 0 Å². The molecule has 6 nitrogen and oxygen atoms in total. The molecule has 0 aliphatic heterocycles. The van der Waals surface area contributed by atoms with Crippen LogP contribution in [0.15, 0.2) is 84.0 Å². The van der Waals surface area contributed by atoms with Gasteiger partial charge in [0, 0.05) is 57.3 Å². The van der Waals surface area contributed by atoms with Crippen molar-refractivity contribution < 1.29 is 2.85 Å². The fourth-order valence-electron chi connectivity index (χ4n) is 3.39. The summed E-state index contributed by atoms with van der Waals surface area (Å²) < 4.78 is 0. The fraction of sp³-hybridized carbons (Fsp3) is 0.286. The molecule has 0 radical (unpaired) electrons. The maximum Gasteiger partial charge on any atom is 0.227 e. The van der Waals surface area contributed by atoms with Gasteiger partial charge in [0.1, 0.15) is 0 Å². The van der Waals surface area contributed by atoms with E-state index in [-0.39, 0.29) is 8.27 Å². The third-order valence-corrected chi connectivity index (χ3v) is 5.16. The zero-order valence-corrected chi connectivity index (χ0v) is 20.8. The average Bonchev–Trinajstić information content (AvgIpc) is 2.80. The van der Waals surface area contributed by atoms with Gasteiger partial charge < -0.3 is 10.6 Å². The second-order valence-corrected chi connectivity index (χ2v) is 9.16. The van der Waals surface area contributed by atoms with Gasteiger partial charge in [-0.15, -0.1) is 0 Å². The van der Waals surface area contributed by atoms with E-state index in [2.05, 4.69) is 101 Å². The van der Waals surface area contributed by atoms with Gasteiger partial charge >= 0.3 is 0 Å². The van der Waals surface area contributed by atoms with Crippen molar-refractivity contribution in [2.75, 3.05) is 17.7 Å². The largest absolute Gasteiger partial charge is 0.358 e. The summed E-state index contributed by atoms with van der Waals surface area (Å²) in [6.45, 7) is 12.7. The number of benzene rings is 1. The van der Waals surface area contributed by atoms with Crippen molar-refractivity contribution in [2.24, 2.45) is 4.99 Å². The Labute approximate surface area is 206 Å². The molecule has 0 bridgehead atoms. The van der Waals surface area contributed by atoms with E-state index in [1.54, 1.807) is 13.3 Å². The minimum atomic E-state index is 0. The molecule has 0 aliphatic carbocycles. The molecule has 2 heterocycles. The summed E-state index contributed by atoms with van der Waals surface area (Å²) in [7, 11) is 1.74. The fourth-order valence-corrected chi connectivity index (χ4v) is 3.39. The third kappa shape index (κ3) is 7.10. The van der Waals surface area contributed by atoms with E-state index in [1.165, 1.54) is 5.56 Å². The van der Waals surface area contributed by atoms with Crippen molar-refractivity contribution in [3.63, 3.8) is 0 Å². The number of nitrogens with one attached hydrogen (secondary N) is 2. The number of anilines is 2. The minimum Gasteiger partial charge on any atom is -0.358 e. The summed E-state index contributed by atoms with van der Waals surface area (Å²) in [6.07, 6.45) is 11.0.